The van der Waals surface area contributed by atoms with Gasteiger partial charge in [0.15, 0.2) is 0 Å². The van der Waals surface area contributed by atoms with E-state index >= 15 is 0 Å². The Morgan fingerprint density at radius 1 is 1.10 bits per heavy atom. The van der Waals surface area contributed by atoms with Gasteiger partial charge in [-0.05, 0) is 23.1 Å². The Labute approximate surface area is 125 Å². The zero-order valence-corrected chi connectivity index (χ0v) is 12.1. The topological polar surface area (TPSA) is 36.7 Å². The molecule has 0 amide bonds. The maximum atomic E-state index is 9.33. The molecule has 0 unspecified atom stereocenters. The fourth-order valence-corrected chi connectivity index (χ4v) is 3.34. The molecule has 0 N–H and O–H groups in total. The van der Waals surface area contributed by atoms with Gasteiger partial charge in [0.05, 0.1) is 16.1 Å². The average molecular weight is 294 g/mol. The van der Waals surface area contributed by atoms with Gasteiger partial charge in [0.2, 0.25) is 0 Å². The first-order valence-electron chi connectivity index (χ1n) is 6.03. The summed E-state index contributed by atoms with van der Waals surface area (Å²) in [6.07, 6.45) is 1.87. The van der Waals surface area contributed by atoms with E-state index in [2.05, 4.69) is 11.1 Å². The summed E-state index contributed by atoms with van der Waals surface area (Å²) in [5.74, 6) is 0. The van der Waals surface area contributed by atoms with E-state index in [0.717, 1.165) is 21.1 Å². The summed E-state index contributed by atoms with van der Waals surface area (Å²) in [7, 11) is 0. The van der Waals surface area contributed by atoms with Crippen LogP contribution in [0.2, 0.25) is 0 Å². The Balaban J connectivity index is 1.95. The molecule has 1 aromatic carbocycles. The van der Waals surface area contributed by atoms with E-state index in [1.165, 1.54) is 11.3 Å². The van der Waals surface area contributed by atoms with E-state index in [1.54, 1.807) is 11.3 Å². The van der Waals surface area contributed by atoms with E-state index in [9.17, 15) is 5.26 Å². The number of rotatable bonds is 3. The standard InChI is InChI=1S/C16H10N2S2/c17-10-13(9-12-5-2-1-3-6-12)16-18-14(11-20-16)15-7-4-8-19-15/h1-9,11H/b13-9-. The molecule has 0 saturated heterocycles. The molecule has 0 aliphatic heterocycles. The van der Waals surface area contributed by atoms with Gasteiger partial charge in [0.1, 0.15) is 11.1 Å². The van der Waals surface area contributed by atoms with Crippen molar-refractivity contribution >= 4 is 34.3 Å². The van der Waals surface area contributed by atoms with Crippen LogP contribution in [-0.4, -0.2) is 4.98 Å². The minimum atomic E-state index is 0.601. The third kappa shape index (κ3) is 2.69. The van der Waals surface area contributed by atoms with Crippen molar-refractivity contribution in [3.63, 3.8) is 0 Å². The van der Waals surface area contributed by atoms with E-state index in [0.29, 0.717) is 5.57 Å². The van der Waals surface area contributed by atoms with Gasteiger partial charge in [-0.15, -0.1) is 22.7 Å². The molecule has 0 bridgehead atoms. The molecule has 4 heteroatoms. The lowest BCUT2D eigenvalue weighted by molar-refractivity contribution is 1.38. The second-order valence-corrected chi connectivity index (χ2v) is 5.90. The minimum absolute atomic E-state index is 0.601. The van der Waals surface area contributed by atoms with E-state index in [1.807, 2.05) is 59.3 Å². The van der Waals surface area contributed by atoms with Crippen LogP contribution in [-0.2, 0) is 0 Å². The minimum Gasteiger partial charge on any atom is -0.234 e. The van der Waals surface area contributed by atoms with Crippen molar-refractivity contribution in [2.24, 2.45) is 0 Å². The van der Waals surface area contributed by atoms with Gasteiger partial charge < -0.3 is 0 Å². The lowest BCUT2D eigenvalue weighted by Crippen LogP contribution is -1.81. The second kappa shape index (κ2) is 5.83. The first-order valence-corrected chi connectivity index (χ1v) is 7.79. The highest BCUT2D eigenvalue weighted by Crippen LogP contribution is 2.29. The van der Waals surface area contributed by atoms with Crippen LogP contribution in [0, 0.1) is 11.3 Å². The maximum Gasteiger partial charge on any atom is 0.134 e. The first kappa shape index (κ1) is 12.8. The molecule has 0 aliphatic rings. The molecule has 96 valence electrons. The van der Waals surface area contributed by atoms with Gasteiger partial charge in [-0.1, -0.05) is 36.4 Å². The van der Waals surface area contributed by atoms with Gasteiger partial charge in [0, 0.05) is 5.38 Å². The van der Waals surface area contributed by atoms with Crippen molar-refractivity contribution in [1.29, 1.82) is 5.26 Å². The van der Waals surface area contributed by atoms with Crippen molar-refractivity contribution < 1.29 is 0 Å². The molecule has 0 aliphatic carbocycles. The SMILES string of the molecule is N#C/C(=C/c1ccccc1)c1nc(-c2cccs2)cs1. The van der Waals surface area contributed by atoms with Crippen molar-refractivity contribution in [2.75, 3.05) is 0 Å². The van der Waals surface area contributed by atoms with E-state index in [4.69, 9.17) is 0 Å². The number of thiazole rings is 1. The summed E-state index contributed by atoms with van der Waals surface area (Å²) in [4.78, 5) is 5.69. The molecule has 20 heavy (non-hydrogen) atoms. The average Bonchev–Trinajstić information content (AvgIpc) is 3.16. The van der Waals surface area contributed by atoms with Crippen molar-refractivity contribution in [2.45, 2.75) is 0 Å². The van der Waals surface area contributed by atoms with Crippen LogP contribution in [0.5, 0.6) is 0 Å². The van der Waals surface area contributed by atoms with Crippen LogP contribution >= 0.6 is 22.7 Å². The molecule has 0 saturated carbocycles. The van der Waals surface area contributed by atoms with Gasteiger partial charge in [-0.3, -0.25) is 0 Å². The highest BCUT2D eigenvalue weighted by molar-refractivity contribution is 7.14. The van der Waals surface area contributed by atoms with Crippen LogP contribution in [0.3, 0.4) is 0 Å². The number of nitriles is 1. The van der Waals surface area contributed by atoms with E-state index in [-0.39, 0.29) is 0 Å². The monoisotopic (exact) mass is 294 g/mol. The number of benzene rings is 1. The predicted octanol–water partition coefficient (Wildman–Crippen LogP) is 4.94. The van der Waals surface area contributed by atoms with Gasteiger partial charge in [-0.25, -0.2) is 4.98 Å². The molecule has 0 fully saturated rings. The molecule has 0 atom stereocenters. The number of nitrogens with zero attached hydrogens (tertiary/aromatic N) is 2. The Morgan fingerprint density at radius 3 is 2.65 bits per heavy atom. The van der Waals surface area contributed by atoms with Crippen LogP contribution in [0.1, 0.15) is 10.6 Å². The molecular formula is C16H10N2S2. The van der Waals surface area contributed by atoms with Crippen LogP contribution < -0.4 is 0 Å². The van der Waals surface area contributed by atoms with Gasteiger partial charge >= 0.3 is 0 Å². The predicted molar refractivity (Wildman–Crippen MR) is 85.4 cm³/mol. The second-order valence-electron chi connectivity index (χ2n) is 4.10. The third-order valence-electron chi connectivity index (χ3n) is 2.74. The van der Waals surface area contributed by atoms with Crippen LogP contribution in [0.25, 0.3) is 22.2 Å². The number of hydrogen-bond acceptors (Lipinski definition) is 4. The lowest BCUT2D eigenvalue weighted by atomic mass is 10.1. The Bertz CT molecular complexity index is 762. The molecule has 3 rings (SSSR count). The first-order chi connectivity index (χ1) is 9.86. The number of thiophene rings is 1. The quantitative estimate of drug-likeness (QED) is 0.642. The summed E-state index contributed by atoms with van der Waals surface area (Å²) in [6.45, 7) is 0. The zero-order chi connectivity index (χ0) is 13.8. The molecule has 2 heterocycles. The summed E-state index contributed by atoms with van der Waals surface area (Å²) >= 11 is 3.16. The molecule has 2 aromatic heterocycles. The number of hydrogen-bond donors (Lipinski definition) is 0. The fraction of sp³-hybridized carbons (Fsp3) is 0. The highest BCUT2D eigenvalue weighted by Gasteiger charge is 2.09. The number of aromatic nitrogens is 1. The van der Waals surface area contributed by atoms with Crippen molar-refractivity contribution in [3.05, 3.63) is 63.8 Å². The molecular weight excluding hydrogens is 284 g/mol. The van der Waals surface area contributed by atoms with Crippen molar-refractivity contribution in [3.8, 4) is 16.6 Å². The Kier molecular flexibility index (Phi) is 3.73. The van der Waals surface area contributed by atoms with Gasteiger partial charge in [0.25, 0.3) is 0 Å². The largest absolute Gasteiger partial charge is 0.234 e. The summed E-state index contributed by atoms with van der Waals surface area (Å²) in [5.41, 5.74) is 2.55. The smallest absolute Gasteiger partial charge is 0.134 e. The third-order valence-corrected chi connectivity index (χ3v) is 4.51. The van der Waals surface area contributed by atoms with E-state index < -0.39 is 0 Å². The highest BCUT2D eigenvalue weighted by atomic mass is 32.1. The fourth-order valence-electron chi connectivity index (χ4n) is 1.79. The summed E-state index contributed by atoms with van der Waals surface area (Å²) in [5, 5.41) is 14.1. The number of allylic oxidation sites excluding steroid dienone is 1. The molecule has 0 radical (unpaired) electrons. The molecule has 3 aromatic rings. The summed E-state index contributed by atoms with van der Waals surface area (Å²) in [6, 6.07) is 16.1. The molecule has 2 nitrogen and oxygen atoms in total. The maximum absolute atomic E-state index is 9.33. The van der Waals surface area contributed by atoms with Crippen molar-refractivity contribution in [1.82, 2.24) is 4.98 Å². The lowest BCUT2D eigenvalue weighted by Gasteiger charge is -1.94. The zero-order valence-electron chi connectivity index (χ0n) is 10.5. The van der Waals surface area contributed by atoms with Crippen LogP contribution in [0.15, 0.2) is 53.2 Å². The Hall–Kier alpha value is -2.22. The Morgan fingerprint density at radius 2 is 1.95 bits per heavy atom. The van der Waals surface area contributed by atoms with Gasteiger partial charge in [-0.2, -0.15) is 5.26 Å². The summed E-state index contributed by atoms with van der Waals surface area (Å²) < 4.78 is 0. The normalized spacial score (nSPS) is 11.2. The molecule has 0 spiro atoms. The van der Waals surface area contributed by atoms with Crippen LogP contribution in [0.4, 0.5) is 0 Å².